The van der Waals surface area contributed by atoms with E-state index in [1.807, 2.05) is 0 Å². The molecule has 0 unspecified atom stereocenters. The second-order valence-electron chi connectivity index (χ2n) is 2.16. The highest BCUT2D eigenvalue weighted by Gasteiger charge is 2.29. The summed E-state index contributed by atoms with van der Waals surface area (Å²) in [6.45, 7) is 0.998. The van der Waals surface area contributed by atoms with Gasteiger partial charge >= 0.3 is 0 Å². The molecule has 1 fully saturated rings. The van der Waals surface area contributed by atoms with Crippen LogP contribution in [-0.2, 0) is 9.59 Å². The van der Waals surface area contributed by atoms with Gasteiger partial charge < -0.3 is 10.6 Å². The Bertz CT molecular complexity index is 140. The fourth-order valence-corrected chi connectivity index (χ4v) is 0.779. The van der Waals surface area contributed by atoms with Crippen LogP contribution in [0, 0.1) is 5.92 Å². The lowest BCUT2D eigenvalue weighted by Gasteiger charge is -2.33. The number of likely N-dealkylation sites (tertiary alicyclic amines) is 1. The Morgan fingerprint density at radius 1 is 1.67 bits per heavy atom. The fourth-order valence-electron chi connectivity index (χ4n) is 0.779. The lowest BCUT2D eigenvalue weighted by molar-refractivity contribution is -0.132. The van der Waals surface area contributed by atoms with E-state index in [1.165, 1.54) is 4.90 Å². The van der Waals surface area contributed by atoms with Gasteiger partial charge in [-0.25, -0.2) is 0 Å². The quantitative estimate of drug-likeness (QED) is 0.463. The Hall–Kier alpha value is -1.06. The minimum absolute atomic E-state index is 0.102. The molecular formula is C5H8N2O2. The molecule has 1 aliphatic rings. The molecule has 2 N–H and O–H groups in total. The number of carbonyl (C=O) groups excluding carboxylic acids is 2. The van der Waals surface area contributed by atoms with Gasteiger partial charge in [0.05, 0.1) is 5.92 Å². The van der Waals surface area contributed by atoms with E-state index in [0.717, 1.165) is 6.41 Å². The largest absolute Gasteiger partial charge is 0.369 e. The summed E-state index contributed by atoms with van der Waals surface area (Å²) in [5.41, 5.74) is 4.93. The van der Waals surface area contributed by atoms with Crippen LogP contribution in [0.3, 0.4) is 0 Å². The third-order valence-corrected chi connectivity index (χ3v) is 1.46. The fraction of sp³-hybridized carbons (Fsp3) is 0.600. The minimum atomic E-state index is -0.312. The highest BCUT2D eigenvalue weighted by molar-refractivity contribution is 5.79. The zero-order valence-corrected chi connectivity index (χ0v) is 4.91. The Labute approximate surface area is 52.6 Å². The highest BCUT2D eigenvalue weighted by atomic mass is 16.2. The number of hydrogen-bond acceptors (Lipinski definition) is 2. The summed E-state index contributed by atoms with van der Waals surface area (Å²) in [5, 5.41) is 0. The minimum Gasteiger partial charge on any atom is -0.369 e. The molecule has 0 atom stereocenters. The summed E-state index contributed by atoms with van der Waals surface area (Å²) in [6.07, 6.45) is 0.722. The van der Waals surface area contributed by atoms with E-state index in [2.05, 4.69) is 0 Å². The molecule has 1 aliphatic heterocycles. The molecule has 0 spiro atoms. The van der Waals surface area contributed by atoms with Crippen molar-refractivity contribution in [2.24, 2.45) is 11.7 Å². The van der Waals surface area contributed by atoms with Crippen LogP contribution in [-0.4, -0.2) is 30.3 Å². The average molecular weight is 128 g/mol. The first-order valence-corrected chi connectivity index (χ1v) is 2.72. The summed E-state index contributed by atoms with van der Waals surface area (Å²) in [6, 6.07) is 0. The van der Waals surface area contributed by atoms with Gasteiger partial charge in [0.1, 0.15) is 0 Å². The van der Waals surface area contributed by atoms with Crippen molar-refractivity contribution >= 4 is 12.3 Å². The molecule has 1 saturated heterocycles. The van der Waals surface area contributed by atoms with E-state index in [4.69, 9.17) is 5.73 Å². The van der Waals surface area contributed by atoms with E-state index in [0.29, 0.717) is 13.1 Å². The van der Waals surface area contributed by atoms with E-state index in [-0.39, 0.29) is 11.8 Å². The van der Waals surface area contributed by atoms with Crippen molar-refractivity contribution in [1.29, 1.82) is 0 Å². The molecular weight excluding hydrogens is 120 g/mol. The van der Waals surface area contributed by atoms with Crippen molar-refractivity contribution in [1.82, 2.24) is 4.90 Å². The van der Waals surface area contributed by atoms with E-state index in [9.17, 15) is 9.59 Å². The van der Waals surface area contributed by atoms with Crippen molar-refractivity contribution in [2.75, 3.05) is 13.1 Å². The normalized spacial score (nSPS) is 18.9. The zero-order valence-electron chi connectivity index (χ0n) is 4.91. The molecule has 0 aromatic heterocycles. The van der Waals surface area contributed by atoms with Crippen molar-refractivity contribution in [3.05, 3.63) is 0 Å². The van der Waals surface area contributed by atoms with Gasteiger partial charge in [0.15, 0.2) is 0 Å². The molecule has 0 aliphatic carbocycles. The van der Waals surface area contributed by atoms with Crippen LogP contribution in [0.2, 0.25) is 0 Å². The second-order valence-corrected chi connectivity index (χ2v) is 2.16. The maximum Gasteiger partial charge on any atom is 0.224 e. The maximum atomic E-state index is 10.3. The smallest absolute Gasteiger partial charge is 0.224 e. The lowest BCUT2D eigenvalue weighted by atomic mass is 10.0. The SMILES string of the molecule is NC(=O)C1CN(C=O)C1. The standard InChI is InChI=1S/C5H8N2O2/c6-5(9)4-1-7(2-4)3-8/h3-4H,1-2H2,(H2,6,9). The van der Waals surface area contributed by atoms with Crippen LogP contribution in [0.25, 0.3) is 0 Å². The molecule has 1 heterocycles. The van der Waals surface area contributed by atoms with Gasteiger partial charge in [0, 0.05) is 13.1 Å². The average Bonchev–Trinajstić information content (AvgIpc) is 1.61. The Morgan fingerprint density at radius 2 is 2.22 bits per heavy atom. The lowest BCUT2D eigenvalue weighted by Crippen LogP contribution is -2.51. The monoisotopic (exact) mass is 128 g/mol. The molecule has 0 radical (unpaired) electrons. The predicted molar refractivity (Wildman–Crippen MR) is 30.3 cm³/mol. The molecule has 9 heavy (non-hydrogen) atoms. The van der Waals surface area contributed by atoms with Gasteiger partial charge in [-0.2, -0.15) is 0 Å². The summed E-state index contributed by atoms with van der Waals surface area (Å²) in [4.78, 5) is 21.8. The van der Waals surface area contributed by atoms with Gasteiger partial charge in [-0.3, -0.25) is 9.59 Å². The molecule has 0 bridgehead atoms. The Balaban J connectivity index is 2.26. The van der Waals surface area contributed by atoms with Crippen LogP contribution >= 0.6 is 0 Å². The second kappa shape index (κ2) is 2.05. The van der Waals surface area contributed by atoms with Gasteiger partial charge in [0.25, 0.3) is 0 Å². The van der Waals surface area contributed by atoms with Gasteiger partial charge in [0.2, 0.25) is 12.3 Å². The van der Waals surface area contributed by atoms with Crippen molar-refractivity contribution < 1.29 is 9.59 Å². The van der Waals surface area contributed by atoms with E-state index in [1.54, 1.807) is 0 Å². The number of nitrogens with zero attached hydrogens (tertiary/aromatic N) is 1. The van der Waals surface area contributed by atoms with Gasteiger partial charge in [-0.15, -0.1) is 0 Å². The summed E-state index contributed by atoms with van der Waals surface area (Å²) < 4.78 is 0. The molecule has 0 saturated carbocycles. The van der Waals surface area contributed by atoms with Crippen LogP contribution in [0.5, 0.6) is 0 Å². The summed E-state index contributed by atoms with van der Waals surface area (Å²) >= 11 is 0. The molecule has 0 aromatic rings. The number of carbonyl (C=O) groups is 2. The maximum absolute atomic E-state index is 10.3. The zero-order chi connectivity index (χ0) is 6.85. The van der Waals surface area contributed by atoms with Gasteiger partial charge in [-0.05, 0) is 0 Å². The van der Waals surface area contributed by atoms with Crippen LogP contribution in [0.4, 0.5) is 0 Å². The van der Waals surface area contributed by atoms with Crippen molar-refractivity contribution in [3.8, 4) is 0 Å². The Morgan fingerprint density at radius 3 is 2.56 bits per heavy atom. The molecule has 4 nitrogen and oxygen atoms in total. The predicted octanol–water partition coefficient (Wildman–Crippen LogP) is -1.44. The highest BCUT2D eigenvalue weighted by Crippen LogP contribution is 2.11. The van der Waals surface area contributed by atoms with Crippen LogP contribution < -0.4 is 5.73 Å². The Kier molecular flexibility index (Phi) is 1.38. The van der Waals surface area contributed by atoms with Crippen LogP contribution in [0.1, 0.15) is 0 Å². The first-order valence-electron chi connectivity index (χ1n) is 2.72. The number of nitrogens with two attached hydrogens (primary N) is 1. The summed E-state index contributed by atoms with van der Waals surface area (Å²) in [7, 11) is 0. The van der Waals surface area contributed by atoms with Crippen molar-refractivity contribution in [2.45, 2.75) is 0 Å². The topological polar surface area (TPSA) is 63.4 Å². The number of amides is 2. The molecule has 1 rings (SSSR count). The number of primary amides is 1. The molecule has 0 aromatic carbocycles. The van der Waals surface area contributed by atoms with E-state index < -0.39 is 0 Å². The number of rotatable bonds is 2. The summed E-state index contributed by atoms with van der Waals surface area (Å²) in [5.74, 6) is -0.414. The molecule has 2 amide bonds. The van der Waals surface area contributed by atoms with Crippen molar-refractivity contribution in [3.63, 3.8) is 0 Å². The molecule has 4 heteroatoms. The van der Waals surface area contributed by atoms with Gasteiger partial charge in [-0.1, -0.05) is 0 Å². The third-order valence-electron chi connectivity index (χ3n) is 1.46. The van der Waals surface area contributed by atoms with Crippen LogP contribution in [0.15, 0.2) is 0 Å². The first-order chi connectivity index (χ1) is 4.24. The van der Waals surface area contributed by atoms with E-state index >= 15 is 0 Å². The molecule has 50 valence electrons. The third kappa shape index (κ3) is 1.01. The number of hydrogen-bond donors (Lipinski definition) is 1. The first kappa shape index (κ1) is 6.07.